The van der Waals surface area contributed by atoms with Gasteiger partial charge < -0.3 is 31.3 Å². The molecule has 3 fully saturated rings. The van der Waals surface area contributed by atoms with Gasteiger partial charge in [0.05, 0.1) is 28.8 Å². The van der Waals surface area contributed by atoms with E-state index in [0.717, 1.165) is 101 Å². The standard InChI is InChI=1S/C48H56N6O6/c55-46(56)41(34-8-13-49-24-34)21-30-2-1-3-33(18-30)27-54(28-37-11-16-52-44-6-4-31(19-39(37)44)22-42(47(57)58)35-9-14-50-25-35)29-38-12-17-53-45-7-5-32(20-40(38)45)23-43(48(59)60)36-10-15-51-26-36/h1-7,11-12,16-20,34-36,41-43,49-51H,8-10,13-15,21-29H2,(H,55,56)(H,57,58)(H,59,60)/t34-,35-,36-,41-,42-,43-/m0/s1. The first-order valence-corrected chi connectivity index (χ1v) is 21.5. The summed E-state index contributed by atoms with van der Waals surface area (Å²) in [6.45, 7) is 6.37. The summed E-state index contributed by atoms with van der Waals surface area (Å²) in [6.07, 6.45) is 7.58. The van der Waals surface area contributed by atoms with E-state index in [1.165, 1.54) is 0 Å². The topological polar surface area (TPSA) is 177 Å². The highest BCUT2D eigenvalue weighted by atomic mass is 16.4. The molecule has 2 aromatic heterocycles. The fourth-order valence-electron chi connectivity index (χ4n) is 9.98. The first-order valence-electron chi connectivity index (χ1n) is 21.5. The zero-order valence-corrected chi connectivity index (χ0v) is 34.1. The maximum atomic E-state index is 12.4. The minimum atomic E-state index is -0.764. The minimum absolute atomic E-state index is 0.0869. The number of nitrogens with one attached hydrogen (secondary N) is 3. The molecule has 3 aliphatic rings. The first kappa shape index (κ1) is 41.5. The van der Waals surface area contributed by atoms with E-state index in [9.17, 15) is 29.7 Å². The van der Waals surface area contributed by atoms with E-state index in [2.05, 4.69) is 45.1 Å². The summed E-state index contributed by atoms with van der Waals surface area (Å²) in [5, 5.41) is 42.6. The van der Waals surface area contributed by atoms with E-state index in [4.69, 9.17) is 9.97 Å². The molecule has 0 bridgehead atoms. The third-order valence-corrected chi connectivity index (χ3v) is 13.3. The van der Waals surface area contributed by atoms with Crippen molar-refractivity contribution in [3.63, 3.8) is 0 Å². The summed E-state index contributed by atoms with van der Waals surface area (Å²) in [4.78, 5) is 49.1. The Balaban J connectivity index is 1.12. The largest absolute Gasteiger partial charge is 0.481 e. The van der Waals surface area contributed by atoms with Crippen LogP contribution in [0, 0.1) is 35.5 Å². The second kappa shape index (κ2) is 19.0. The number of carboxylic acid groups (broad SMARTS) is 3. The van der Waals surface area contributed by atoms with Crippen molar-refractivity contribution in [2.75, 3.05) is 39.3 Å². The molecule has 0 saturated carbocycles. The van der Waals surface area contributed by atoms with Crippen LogP contribution in [0.2, 0.25) is 0 Å². The SMILES string of the molecule is O=C(O)[C@@H](Cc1cccc(CN(Cc2ccnc3ccc(C[C@H](C(=O)O)[C@H]4CCNC4)cc23)Cc2ccnc3ccc(C[C@H](C(=O)O)[C@H]4CCNC4)cc23)c1)[C@H]1CCNC1. The molecule has 314 valence electrons. The summed E-state index contributed by atoms with van der Waals surface area (Å²) >= 11 is 0. The van der Waals surface area contributed by atoms with Crippen LogP contribution in [0.5, 0.6) is 0 Å². The Hall–Kier alpha value is -5.27. The van der Waals surface area contributed by atoms with Gasteiger partial charge >= 0.3 is 17.9 Å². The lowest BCUT2D eigenvalue weighted by Crippen LogP contribution is -2.27. The number of carbonyl (C=O) groups is 3. The highest BCUT2D eigenvalue weighted by Crippen LogP contribution is 2.31. The van der Waals surface area contributed by atoms with Crippen LogP contribution in [-0.4, -0.2) is 87.4 Å². The Morgan fingerprint density at radius 2 is 0.967 bits per heavy atom. The molecule has 0 aliphatic carbocycles. The summed E-state index contributed by atoms with van der Waals surface area (Å²) in [5.41, 5.74) is 7.85. The number of rotatable bonds is 18. The summed E-state index contributed by atoms with van der Waals surface area (Å²) in [5.74, 6) is -3.42. The van der Waals surface area contributed by atoms with Crippen LogP contribution in [-0.2, 0) is 53.3 Å². The van der Waals surface area contributed by atoms with E-state index in [0.29, 0.717) is 52.0 Å². The number of carboxylic acids is 3. The zero-order chi connectivity index (χ0) is 41.6. The monoisotopic (exact) mass is 812 g/mol. The number of fused-ring (bicyclic) bond motifs is 2. The van der Waals surface area contributed by atoms with Crippen molar-refractivity contribution in [1.82, 2.24) is 30.8 Å². The van der Waals surface area contributed by atoms with Crippen molar-refractivity contribution < 1.29 is 29.7 Å². The van der Waals surface area contributed by atoms with E-state index < -0.39 is 35.7 Å². The third kappa shape index (κ3) is 9.84. The molecule has 3 aromatic carbocycles. The smallest absolute Gasteiger partial charge is 0.307 e. The van der Waals surface area contributed by atoms with Crippen molar-refractivity contribution in [1.29, 1.82) is 0 Å². The lowest BCUT2D eigenvalue weighted by Gasteiger charge is -2.25. The molecule has 0 radical (unpaired) electrons. The summed E-state index contributed by atoms with van der Waals surface area (Å²) < 4.78 is 0. The van der Waals surface area contributed by atoms with Crippen LogP contribution >= 0.6 is 0 Å². The van der Waals surface area contributed by atoms with Gasteiger partial charge in [-0.15, -0.1) is 0 Å². The minimum Gasteiger partial charge on any atom is -0.481 e. The van der Waals surface area contributed by atoms with Gasteiger partial charge in [-0.2, -0.15) is 0 Å². The molecule has 12 nitrogen and oxygen atoms in total. The van der Waals surface area contributed by atoms with Crippen molar-refractivity contribution in [3.05, 3.63) is 119 Å². The second-order valence-corrected chi connectivity index (χ2v) is 17.3. The number of aromatic nitrogens is 2. The van der Waals surface area contributed by atoms with Crippen LogP contribution in [0.4, 0.5) is 0 Å². The van der Waals surface area contributed by atoms with Gasteiger partial charge in [0.1, 0.15) is 0 Å². The van der Waals surface area contributed by atoms with Crippen LogP contribution in [0.25, 0.3) is 21.8 Å². The molecular weight excluding hydrogens is 757 g/mol. The lowest BCUT2D eigenvalue weighted by molar-refractivity contribution is -0.144. The molecule has 0 unspecified atom stereocenters. The Kier molecular flexibility index (Phi) is 13.1. The van der Waals surface area contributed by atoms with Gasteiger partial charge in [0.15, 0.2) is 0 Å². The molecule has 5 aromatic rings. The maximum absolute atomic E-state index is 12.4. The van der Waals surface area contributed by atoms with Gasteiger partial charge in [0.25, 0.3) is 0 Å². The molecule has 3 aliphatic heterocycles. The fraction of sp³-hybridized carbons (Fsp3) is 0.438. The van der Waals surface area contributed by atoms with Crippen LogP contribution in [0.3, 0.4) is 0 Å². The quantitative estimate of drug-likeness (QED) is 0.0652. The maximum Gasteiger partial charge on any atom is 0.307 e. The first-order chi connectivity index (χ1) is 29.2. The molecule has 60 heavy (non-hydrogen) atoms. The van der Waals surface area contributed by atoms with E-state index in [-0.39, 0.29) is 17.8 Å². The van der Waals surface area contributed by atoms with Crippen molar-refractivity contribution in [3.8, 4) is 0 Å². The molecule has 6 atom stereocenters. The fourth-order valence-corrected chi connectivity index (χ4v) is 9.98. The Morgan fingerprint density at radius 3 is 1.37 bits per heavy atom. The molecule has 6 N–H and O–H groups in total. The average Bonchev–Trinajstić information content (AvgIpc) is 4.07. The Bertz CT molecular complexity index is 2200. The van der Waals surface area contributed by atoms with Gasteiger partial charge in [-0.25, -0.2) is 0 Å². The number of aliphatic carboxylic acids is 3. The molecule has 8 rings (SSSR count). The molecule has 0 spiro atoms. The van der Waals surface area contributed by atoms with Gasteiger partial charge in [-0.1, -0.05) is 36.4 Å². The van der Waals surface area contributed by atoms with Gasteiger partial charge in [-0.3, -0.25) is 29.3 Å². The second-order valence-electron chi connectivity index (χ2n) is 17.3. The normalized spacial score (nSPS) is 20.8. The van der Waals surface area contributed by atoms with Crippen molar-refractivity contribution >= 4 is 39.7 Å². The van der Waals surface area contributed by atoms with Crippen LogP contribution < -0.4 is 16.0 Å². The van der Waals surface area contributed by atoms with Gasteiger partial charge in [-0.05, 0) is 165 Å². The number of pyridine rings is 2. The predicted octanol–water partition coefficient (Wildman–Crippen LogP) is 5.54. The van der Waals surface area contributed by atoms with Crippen molar-refractivity contribution in [2.45, 2.75) is 58.2 Å². The van der Waals surface area contributed by atoms with Gasteiger partial charge in [0, 0.05) is 42.8 Å². The van der Waals surface area contributed by atoms with Gasteiger partial charge in [0.2, 0.25) is 0 Å². The van der Waals surface area contributed by atoms with E-state index in [1.807, 2.05) is 60.9 Å². The highest BCUT2D eigenvalue weighted by molar-refractivity contribution is 5.84. The summed E-state index contributed by atoms with van der Waals surface area (Å²) in [7, 11) is 0. The van der Waals surface area contributed by atoms with Crippen LogP contribution in [0.1, 0.15) is 52.6 Å². The van der Waals surface area contributed by atoms with E-state index >= 15 is 0 Å². The molecular formula is C48H56N6O6. The molecule has 3 saturated heterocycles. The predicted molar refractivity (Wildman–Crippen MR) is 230 cm³/mol. The number of benzene rings is 3. The van der Waals surface area contributed by atoms with Crippen LogP contribution in [0.15, 0.2) is 85.2 Å². The highest BCUT2D eigenvalue weighted by Gasteiger charge is 2.33. The average molecular weight is 813 g/mol. The molecule has 5 heterocycles. The molecule has 0 amide bonds. The van der Waals surface area contributed by atoms with E-state index in [1.54, 1.807) is 0 Å². The lowest BCUT2D eigenvalue weighted by atomic mass is 9.85. The molecule has 12 heteroatoms. The number of hydrogen-bond donors (Lipinski definition) is 6. The number of hydrogen-bond acceptors (Lipinski definition) is 9. The Morgan fingerprint density at radius 1 is 0.550 bits per heavy atom. The third-order valence-electron chi connectivity index (χ3n) is 13.3. The van der Waals surface area contributed by atoms with Crippen molar-refractivity contribution in [2.24, 2.45) is 35.5 Å². The Labute approximate surface area is 350 Å². The summed E-state index contributed by atoms with van der Waals surface area (Å²) in [6, 6.07) is 24.6. The zero-order valence-electron chi connectivity index (χ0n) is 34.1. The number of nitrogens with zero attached hydrogens (tertiary/aromatic N) is 3.